The lowest BCUT2D eigenvalue weighted by molar-refractivity contribution is -0.157. The first kappa shape index (κ1) is 22.7. The van der Waals surface area contributed by atoms with E-state index < -0.39 is 11.4 Å². The van der Waals surface area contributed by atoms with Crippen molar-refractivity contribution < 1.29 is 23.8 Å². The summed E-state index contributed by atoms with van der Waals surface area (Å²) in [6.07, 6.45) is 7.11. The third kappa shape index (κ3) is 9.27. The van der Waals surface area contributed by atoms with Crippen LogP contribution in [-0.2, 0) is 19.1 Å². The van der Waals surface area contributed by atoms with E-state index >= 15 is 0 Å². The van der Waals surface area contributed by atoms with Crippen LogP contribution in [-0.4, -0.2) is 31.8 Å². The van der Waals surface area contributed by atoms with Gasteiger partial charge in [-0.2, -0.15) is 0 Å². The molecule has 5 nitrogen and oxygen atoms in total. The number of ether oxygens (including phenoxy) is 3. The van der Waals surface area contributed by atoms with Crippen molar-refractivity contribution in [1.82, 2.24) is 0 Å². The van der Waals surface area contributed by atoms with Crippen molar-refractivity contribution in [1.29, 1.82) is 0 Å². The zero-order valence-corrected chi connectivity index (χ0v) is 17.0. The summed E-state index contributed by atoms with van der Waals surface area (Å²) in [5, 5.41) is 0. The zero-order chi connectivity index (χ0) is 20.1. The molecule has 0 amide bonds. The second-order valence-electron chi connectivity index (χ2n) is 7.00. The van der Waals surface area contributed by atoms with Crippen LogP contribution in [0.3, 0.4) is 0 Å². The molecule has 150 valence electrons. The first-order valence-corrected chi connectivity index (χ1v) is 9.64. The summed E-state index contributed by atoms with van der Waals surface area (Å²) < 4.78 is 15.8. The van der Waals surface area contributed by atoms with E-state index in [-0.39, 0.29) is 19.2 Å². The summed E-state index contributed by atoms with van der Waals surface area (Å²) in [6.45, 7) is 8.56. The zero-order valence-electron chi connectivity index (χ0n) is 17.0. The maximum absolute atomic E-state index is 11.8. The normalized spacial score (nSPS) is 11.4. The van der Waals surface area contributed by atoms with Crippen LogP contribution in [0.5, 0.6) is 5.75 Å². The van der Waals surface area contributed by atoms with Crippen molar-refractivity contribution in [3.8, 4) is 5.75 Å². The molecule has 0 unspecified atom stereocenters. The maximum Gasteiger partial charge on any atom is 0.330 e. The van der Waals surface area contributed by atoms with Gasteiger partial charge in [0.1, 0.15) is 19.0 Å². The van der Waals surface area contributed by atoms with Crippen molar-refractivity contribution in [3.63, 3.8) is 0 Å². The highest BCUT2D eigenvalue weighted by molar-refractivity contribution is 5.87. The highest BCUT2D eigenvalue weighted by atomic mass is 16.6. The van der Waals surface area contributed by atoms with Gasteiger partial charge in [-0.3, -0.25) is 4.79 Å². The molecule has 27 heavy (non-hydrogen) atoms. The summed E-state index contributed by atoms with van der Waals surface area (Å²) in [4.78, 5) is 23.5. The summed E-state index contributed by atoms with van der Waals surface area (Å²) in [5.41, 5.74) is 0.361. The number of benzene rings is 1. The van der Waals surface area contributed by atoms with Gasteiger partial charge in [-0.1, -0.05) is 38.8 Å². The van der Waals surface area contributed by atoms with E-state index in [1.807, 2.05) is 45.0 Å². The molecule has 0 aliphatic carbocycles. The van der Waals surface area contributed by atoms with E-state index in [4.69, 9.17) is 14.2 Å². The Morgan fingerprint density at radius 2 is 1.63 bits per heavy atom. The van der Waals surface area contributed by atoms with Crippen LogP contribution in [0.2, 0.25) is 0 Å². The van der Waals surface area contributed by atoms with Gasteiger partial charge in [0.2, 0.25) is 0 Å². The van der Waals surface area contributed by atoms with E-state index in [0.717, 1.165) is 24.3 Å². The van der Waals surface area contributed by atoms with Crippen LogP contribution in [0.15, 0.2) is 30.3 Å². The molecule has 0 radical (unpaired) electrons. The van der Waals surface area contributed by atoms with E-state index in [1.54, 1.807) is 6.08 Å². The minimum absolute atomic E-state index is 0.0409. The summed E-state index contributed by atoms with van der Waals surface area (Å²) in [6, 6.07) is 7.53. The highest BCUT2D eigenvalue weighted by Crippen LogP contribution is 2.21. The molecule has 0 saturated carbocycles. The monoisotopic (exact) mass is 376 g/mol. The number of hydrogen-bond donors (Lipinski definition) is 0. The third-order valence-electron chi connectivity index (χ3n) is 4.31. The lowest BCUT2D eigenvalue weighted by atomic mass is 9.91. The molecule has 1 rings (SSSR count). The minimum atomic E-state index is -0.518. The first-order chi connectivity index (χ1) is 12.9. The molecule has 5 heteroatoms. The second kappa shape index (κ2) is 12.2. The molecule has 0 aliphatic rings. The molecule has 1 aromatic rings. The Bertz CT molecular complexity index is 602. The van der Waals surface area contributed by atoms with E-state index in [2.05, 4.69) is 6.92 Å². The SMILES string of the molecule is CCCCCOc1ccc(/C=C/C(=O)OCCOC(=O)C(C)(C)CC)cc1. The lowest BCUT2D eigenvalue weighted by Gasteiger charge is -2.20. The quantitative estimate of drug-likeness (QED) is 0.298. The number of rotatable bonds is 12. The minimum Gasteiger partial charge on any atom is -0.494 e. The Balaban J connectivity index is 2.29. The van der Waals surface area contributed by atoms with Crippen LogP contribution in [0.4, 0.5) is 0 Å². The number of carbonyl (C=O) groups excluding carboxylic acids is 2. The van der Waals surface area contributed by atoms with Crippen molar-refractivity contribution in [3.05, 3.63) is 35.9 Å². The molecule has 0 saturated heterocycles. The van der Waals surface area contributed by atoms with Crippen molar-refractivity contribution in [2.75, 3.05) is 19.8 Å². The van der Waals surface area contributed by atoms with Crippen LogP contribution < -0.4 is 4.74 Å². The molecule has 0 atom stereocenters. The Hall–Kier alpha value is -2.30. The van der Waals surface area contributed by atoms with Crippen molar-refractivity contribution >= 4 is 18.0 Å². The Morgan fingerprint density at radius 1 is 0.963 bits per heavy atom. The van der Waals surface area contributed by atoms with Gasteiger partial charge in [0.15, 0.2) is 0 Å². The Morgan fingerprint density at radius 3 is 2.26 bits per heavy atom. The van der Waals surface area contributed by atoms with Crippen molar-refractivity contribution in [2.24, 2.45) is 5.41 Å². The summed E-state index contributed by atoms with van der Waals surface area (Å²) >= 11 is 0. The maximum atomic E-state index is 11.8. The molecule has 1 aromatic carbocycles. The topological polar surface area (TPSA) is 61.8 Å². The molecule has 0 N–H and O–H groups in total. The fraction of sp³-hybridized carbons (Fsp3) is 0.545. The summed E-state index contributed by atoms with van der Waals surface area (Å²) in [5.74, 6) is 0.0666. The second-order valence-corrected chi connectivity index (χ2v) is 7.00. The van der Waals surface area contributed by atoms with E-state index in [1.165, 1.54) is 18.9 Å². The Kier molecular flexibility index (Phi) is 10.2. The largest absolute Gasteiger partial charge is 0.494 e. The molecule has 0 bridgehead atoms. The first-order valence-electron chi connectivity index (χ1n) is 9.64. The van der Waals surface area contributed by atoms with Crippen LogP contribution in [0.1, 0.15) is 58.9 Å². The summed E-state index contributed by atoms with van der Waals surface area (Å²) in [7, 11) is 0. The molecular weight excluding hydrogens is 344 g/mol. The number of carbonyl (C=O) groups is 2. The molecular formula is C22H32O5. The number of esters is 2. The van der Waals surface area contributed by atoms with E-state index in [0.29, 0.717) is 6.42 Å². The molecule has 0 heterocycles. The van der Waals surface area contributed by atoms with Gasteiger partial charge in [-0.05, 0) is 50.5 Å². The van der Waals surface area contributed by atoms with Crippen LogP contribution in [0.25, 0.3) is 6.08 Å². The fourth-order valence-electron chi connectivity index (χ4n) is 2.05. The number of unbranched alkanes of at least 4 members (excludes halogenated alkanes) is 2. The molecule has 0 aromatic heterocycles. The van der Waals surface area contributed by atoms with Gasteiger partial charge in [0.05, 0.1) is 12.0 Å². The average Bonchev–Trinajstić information content (AvgIpc) is 2.67. The molecule has 0 spiro atoms. The fourth-order valence-corrected chi connectivity index (χ4v) is 2.05. The predicted molar refractivity (Wildman–Crippen MR) is 106 cm³/mol. The van der Waals surface area contributed by atoms with Gasteiger partial charge in [0, 0.05) is 6.08 Å². The van der Waals surface area contributed by atoms with Crippen molar-refractivity contribution in [2.45, 2.75) is 53.4 Å². The molecule has 0 fully saturated rings. The highest BCUT2D eigenvalue weighted by Gasteiger charge is 2.26. The lowest BCUT2D eigenvalue weighted by Crippen LogP contribution is -2.27. The standard InChI is InChI=1S/C22H32O5/c1-5-7-8-15-25-19-12-9-18(10-13-19)11-14-20(23)26-16-17-27-21(24)22(3,4)6-2/h9-14H,5-8,15-17H2,1-4H3/b14-11+. The average molecular weight is 376 g/mol. The van der Waals surface area contributed by atoms with E-state index in [9.17, 15) is 9.59 Å². The van der Waals surface area contributed by atoms with Gasteiger partial charge in [-0.15, -0.1) is 0 Å². The van der Waals surface area contributed by atoms with Crippen LogP contribution >= 0.6 is 0 Å². The van der Waals surface area contributed by atoms with Gasteiger partial charge in [-0.25, -0.2) is 4.79 Å². The van der Waals surface area contributed by atoms with Crippen LogP contribution in [0, 0.1) is 5.41 Å². The third-order valence-corrected chi connectivity index (χ3v) is 4.31. The predicted octanol–water partition coefficient (Wildman–Crippen LogP) is 4.79. The van der Waals surface area contributed by atoms with Gasteiger partial charge < -0.3 is 14.2 Å². The smallest absolute Gasteiger partial charge is 0.330 e. The number of hydrogen-bond acceptors (Lipinski definition) is 5. The Labute approximate surface area is 162 Å². The molecule has 0 aliphatic heterocycles. The van der Waals surface area contributed by atoms with Gasteiger partial charge >= 0.3 is 11.9 Å². The van der Waals surface area contributed by atoms with Gasteiger partial charge in [0.25, 0.3) is 0 Å².